The Kier molecular flexibility index (Phi) is 4.66. The normalized spacial score (nSPS) is 17.1. The van der Waals surface area contributed by atoms with Crippen LogP contribution in [-0.4, -0.2) is 19.9 Å². The SMILES string of the molecule is CCC1(NC(=O)c2cc(S(=O)(=O)Cl)c(Br)cc2F)CCC1. The molecule has 2 rings (SSSR count). The summed E-state index contributed by atoms with van der Waals surface area (Å²) in [5.41, 5.74) is -0.631. The number of carbonyl (C=O) groups excluding carboxylic acids is 1. The first-order valence-corrected chi connectivity index (χ1v) is 9.55. The van der Waals surface area contributed by atoms with E-state index in [0.29, 0.717) is 0 Å². The number of carbonyl (C=O) groups is 1. The molecule has 8 heteroatoms. The predicted molar refractivity (Wildman–Crippen MR) is 81.5 cm³/mol. The largest absolute Gasteiger partial charge is 0.347 e. The van der Waals surface area contributed by atoms with E-state index in [1.54, 1.807) is 0 Å². The van der Waals surface area contributed by atoms with Gasteiger partial charge in [0.05, 0.1) is 10.5 Å². The number of hydrogen-bond acceptors (Lipinski definition) is 3. The third-order valence-electron chi connectivity index (χ3n) is 3.90. The molecule has 0 aromatic heterocycles. The lowest BCUT2D eigenvalue weighted by Crippen LogP contribution is -2.53. The molecule has 116 valence electrons. The predicted octanol–water partition coefficient (Wildman–Crippen LogP) is 3.58. The first kappa shape index (κ1) is 16.7. The van der Waals surface area contributed by atoms with E-state index >= 15 is 0 Å². The van der Waals surface area contributed by atoms with Crippen LogP contribution >= 0.6 is 26.6 Å². The molecule has 0 spiro atoms. The molecule has 21 heavy (non-hydrogen) atoms. The van der Waals surface area contributed by atoms with Gasteiger partial charge in [-0.05, 0) is 53.7 Å². The fraction of sp³-hybridized carbons (Fsp3) is 0.462. The Morgan fingerprint density at radius 2 is 2.10 bits per heavy atom. The van der Waals surface area contributed by atoms with Gasteiger partial charge in [0, 0.05) is 20.7 Å². The van der Waals surface area contributed by atoms with E-state index in [1.165, 1.54) is 0 Å². The van der Waals surface area contributed by atoms with Gasteiger partial charge in [0.1, 0.15) is 5.82 Å². The van der Waals surface area contributed by atoms with Gasteiger partial charge in [-0.15, -0.1) is 0 Å². The van der Waals surface area contributed by atoms with E-state index in [0.717, 1.165) is 37.8 Å². The molecule has 1 fully saturated rings. The van der Waals surface area contributed by atoms with Crippen molar-refractivity contribution in [3.63, 3.8) is 0 Å². The van der Waals surface area contributed by atoms with Crippen LogP contribution in [0.5, 0.6) is 0 Å². The molecule has 1 aliphatic rings. The van der Waals surface area contributed by atoms with Crippen LogP contribution in [0.4, 0.5) is 4.39 Å². The first-order chi connectivity index (χ1) is 9.68. The summed E-state index contributed by atoms with van der Waals surface area (Å²) in [6.45, 7) is 1.95. The van der Waals surface area contributed by atoms with Gasteiger partial charge in [-0.1, -0.05) is 6.92 Å². The van der Waals surface area contributed by atoms with Crippen LogP contribution in [0, 0.1) is 5.82 Å². The summed E-state index contributed by atoms with van der Waals surface area (Å²) >= 11 is 2.93. The van der Waals surface area contributed by atoms with Crippen LogP contribution in [0.15, 0.2) is 21.5 Å². The van der Waals surface area contributed by atoms with Gasteiger partial charge in [0.25, 0.3) is 15.0 Å². The second kappa shape index (κ2) is 5.85. The molecule has 1 amide bonds. The zero-order chi connectivity index (χ0) is 15.8. The second-order valence-electron chi connectivity index (χ2n) is 5.14. The topological polar surface area (TPSA) is 63.2 Å². The molecule has 0 saturated heterocycles. The van der Waals surface area contributed by atoms with Crippen LogP contribution in [-0.2, 0) is 9.05 Å². The summed E-state index contributed by atoms with van der Waals surface area (Å²) in [4.78, 5) is 11.9. The van der Waals surface area contributed by atoms with Crippen LogP contribution in [0.1, 0.15) is 43.0 Å². The molecule has 0 heterocycles. The van der Waals surface area contributed by atoms with Gasteiger partial charge >= 0.3 is 0 Å². The van der Waals surface area contributed by atoms with E-state index in [9.17, 15) is 17.6 Å². The van der Waals surface area contributed by atoms with E-state index in [1.807, 2.05) is 6.92 Å². The van der Waals surface area contributed by atoms with Crippen LogP contribution in [0.25, 0.3) is 0 Å². The third-order valence-corrected chi connectivity index (χ3v) is 6.18. The van der Waals surface area contributed by atoms with Gasteiger partial charge in [0.15, 0.2) is 0 Å². The fourth-order valence-electron chi connectivity index (χ4n) is 2.37. The minimum atomic E-state index is -4.07. The zero-order valence-electron chi connectivity index (χ0n) is 11.3. The van der Waals surface area contributed by atoms with Crippen molar-refractivity contribution in [2.24, 2.45) is 0 Å². The molecule has 1 aromatic carbocycles. The maximum atomic E-state index is 13.9. The van der Waals surface area contributed by atoms with Gasteiger partial charge in [-0.3, -0.25) is 4.79 Å². The van der Waals surface area contributed by atoms with Crippen molar-refractivity contribution in [3.05, 3.63) is 28.0 Å². The smallest absolute Gasteiger partial charge is 0.262 e. The van der Waals surface area contributed by atoms with E-state index in [4.69, 9.17) is 10.7 Å². The molecule has 0 radical (unpaired) electrons. The van der Waals surface area contributed by atoms with Gasteiger partial charge in [0.2, 0.25) is 0 Å². The number of hydrogen-bond donors (Lipinski definition) is 1. The molecule has 1 N–H and O–H groups in total. The van der Waals surface area contributed by atoms with Crippen LogP contribution in [0.3, 0.4) is 0 Å². The summed E-state index contributed by atoms with van der Waals surface area (Å²) in [7, 11) is 1.21. The monoisotopic (exact) mass is 397 g/mol. The Hall–Kier alpha value is -0.660. The fourth-order valence-corrected chi connectivity index (χ4v) is 4.54. The minimum absolute atomic E-state index is 0.0135. The van der Waals surface area contributed by atoms with E-state index in [-0.39, 0.29) is 20.5 Å². The molecular formula is C13H14BrClFNO3S. The summed E-state index contributed by atoms with van der Waals surface area (Å²) in [5.74, 6) is -1.42. The average molecular weight is 399 g/mol. The third kappa shape index (κ3) is 3.40. The summed E-state index contributed by atoms with van der Waals surface area (Å²) in [6.07, 6.45) is 3.44. The highest BCUT2D eigenvalue weighted by Gasteiger charge is 2.37. The van der Waals surface area contributed by atoms with Crippen molar-refractivity contribution < 1.29 is 17.6 Å². The highest BCUT2D eigenvalue weighted by atomic mass is 79.9. The van der Waals surface area contributed by atoms with Gasteiger partial charge < -0.3 is 5.32 Å². The number of amides is 1. The van der Waals surface area contributed by atoms with Crippen molar-refractivity contribution in [1.82, 2.24) is 5.32 Å². The van der Waals surface area contributed by atoms with Crippen molar-refractivity contribution in [1.29, 1.82) is 0 Å². The summed E-state index contributed by atoms with van der Waals surface area (Å²) in [6, 6.07) is 1.89. The Morgan fingerprint density at radius 3 is 2.52 bits per heavy atom. The molecule has 4 nitrogen and oxygen atoms in total. The Bertz CT molecular complexity index is 683. The first-order valence-electron chi connectivity index (χ1n) is 6.45. The van der Waals surface area contributed by atoms with E-state index < -0.39 is 20.8 Å². The van der Waals surface area contributed by atoms with Crippen molar-refractivity contribution in [3.8, 4) is 0 Å². The molecule has 0 unspecified atom stereocenters. The lowest BCUT2D eigenvalue weighted by atomic mass is 9.74. The van der Waals surface area contributed by atoms with Gasteiger partial charge in [-0.25, -0.2) is 12.8 Å². The molecule has 1 saturated carbocycles. The summed E-state index contributed by atoms with van der Waals surface area (Å²) < 4.78 is 36.8. The number of nitrogens with one attached hydrogen (secondary N) is 1. The molecular weight excluding hydrogens is 385 g/mol. The molecule has 0 atom stereocenters. The van der Waals surface area contributed by atoms with Crippen molar-refractivity contribution in [2.45, 2.75) is 43.0 Å². The van der Waals surface area contributed by atoms with Crippen LogP contribution in [0.2, 0.25) is 0 Å². The molecule has 0 bridgehead atoms. The molecule has 0 aliphatic heterocycles. The quantitative estimate of drug-likeness (QED) is 0.789. The van der Waals surface area contributed by atoms with Crippen LogP contribution < -0.4 is 5.32 Å². The maximum absolute atomic E-state index is 13.9. The highest BCUT2D eigenvalue weighted by molar-refractivity contribution is 9.10. The molecule has 1 aliphatic carbocycles. The maximum Gasteiger partial charge on any atom is 0.262 e. The minimum Gasteiger partial charge on any atom is -0.347 e. The molecule has 1 aromatic rings. The Balaban J connectivity index is 2.37. The number of benzene rings is 1. The lowest BCUT2D eigenvalue weighted by Gasteiger charge is -2.42. The van der Waals surface area contributed by atoms with Gasteiger partial charge in [-0.2, -0.15) is 0 Å². The summed E-state index contributed by atoms with van der Waals surface area (Å²) in [5, 5.41) is 2.80. The van der Waals surface area contributed by atoms with Crippen molar-refractivity contribution >= 4 is 41.6 Å². The zero-order valence-corrected chi connectivity index (χ0v) is 14.4. The van der Waals surface area contributed by atoms with Crippen molar-refractivity contribution in [2.75, 3.05) is 0 Å². The number of rotatable bonds is 4. The Morgan fingerprint density at radius 1 is 1.48 bits per heavy atom. The lowest BCUT2D eigenvalue weighted by molar-refractivity contribution is 0.0816. The standard InChI is InChI=1S/C13H14BrClFNO3S/c1-2-13(4-3-5-13)17-12(18)8-6-11(21(15,19)20)9(14)7-10(8)16/h6-7H,2-5H2,1H3,(H,17,18). The second-order valence-corrected chi connectivity index (χ2v) is 8.53. The average Bonchev–Trinajstić information content (AvgIpc) is 2.31. The number of halogens is 3. The van der Waals surface area contributed by atoms with E-state index in [2.05, 4.69) is 21.2 Å². The highest BCUT2D eigenvalue weighted by Crippen LogP contribution is 2.35. The Labute approximate surface area is 135 Å².